The maximum absolute atomic E-state index is 6.10. The molecule has 2 rings (SSSR count). The van der Waals surface area contributed by atoms with Crippen molar-refractivity contribution in [3.05, 3.63) is 55.6 Å². The monoisotopic (exact) mass is 329 g/mol. The van der Waals surface area contributed by atoms with Crippen LogP contribution in [0.3, 0.4) is 0 Å². The molecule has 0 aliphatic rings. The van der Waals surface area contributed by atoms with E-state index in [1.807, 2.05) is 12.1 Å². The normalized spacial score (nSPS) is 12.6. The van der Waals surface area contributed by atoms with Crippen LogP contribution in [0.1, 0.15) is 23.4 Å². The molecular weight excluding hydrogens is 318 g/mol. The maximum Gasteiger partial charge on any atom is 0.0888 e. The molecule has 0 aliphatic heterocycles. The molecule has 1 atom stereocenters. The SMILES string of the molecule is CCNC(c1ccccc1)c1cc(Cl)c(Br)s1. The van der Waals surface area contributed by atoms with Crippen molar-refractivity contribution in [1.29, 1.82) is 0 Å². The van der Waals surface area contributed by atoms with Crippen molar-refractivity contribution in [3.8, 4) is 0 Å². The molecular formula is C13H13BrClNS. The second-order valence-corrected chi connectivity index (χ2v) is 6.48. The smallest absolute Gasteiger partial charge is 0.0888 e. The summed E-state index contributed by atoms with van der Waals surface area (Å²) in [6, 6.07) is 12.7. The number of hydrogen-bond donors (Lipinski definition) is 1. The number of thiophene rings is 1. The lowest BCUT2D eigenvalue weighted by Crippen LogP contribution is -2.20. The van der Waals surface area contributed by atoms with E-state index in [-0.39, 0.29) is 6.04 Å². The Labute approximate surface area is 119 Å². The highest BCUT2D eigenvalue weighted by Gasteiger charge is 2.16. The minimum atomic E-state index is 0.218. The second-order valence-electron chi connectivity index (χ2n) is 3.67. The Kier molecular flexibility index (Phi) is 4.62. The van der Waals surface area contributed by atoms with Crippen LogP contribution in [0.15, 0.2) is 40.2 Å². The average Bonchev–Trinajstić information content (AvgIpc) is 2.67. The van der Waals surface area contributed by atoms with Crippen molar-refractivity contribution < 1.29 is 0 Å². The number of benzene rings is 1. The van der Waals surface area contributed by atoms with Crippen LogP contribution in [0.4, 0.5) is 0 Å². The molecule has 0 aliphatic carbocycles. The fraction of sp³-hybridized carbons (Fsp3) is 0.231. The molecule has 0 amide bonds. The van der Waals surface area contributed by atoms with Gasteiger partial charge in [0.2, 0.25) is 0 Å². The third kappa shape index (κ3) is 3.10. The molecule has 1 nitrogen and oxygen atoms in total. The Morgan fingerprint density at radius 2 is 2.06 bits per heavy atom. The Morgan fingerprint density at radius 1 is 1.35 bits per heavy atom. The largest absolute Gasteiger partial charge is 0.306 e. The molecule has 90 valence electrons. The van der Waals surface area contributed by atoms with E-state index >= 15 is 0 Å². The molecule has 1 aromatic carbocycles. The summed E-state index contributed by atoms with van der Waals surface area (Å²) in [7, 11) is 0. The summed E-state index contributed by atoms with van der Waals surface area (Å²) in [5.41, 5.74) is 1.26. The van der Waals surface area contributed by atoms with Gasteiger partial charge >= 0.3 is 0 Å². The molecule has 0 saturated heterocycles. The van der Waals surface area contributed by atoms with E-state index in [2.05, 4.69) is 52.4 Å². The summed E-state index contributed by atoms with van der Waals surface area (Å²) in [6.45, 7) is 3.03. The van der Waals surface area contributed by atoms with E-state index in [0.29, 0.717) is 0 Å². The van der Waals surface area contributed by atoms with E-state index < -0.39 is 0 Å². The summed E-state index contributed by atoms with van der Waals surface area (Å²) in [6.07, 6.45) is 0. The van der Waals surface area contributed by atoms with Gasteiger partial charge in [-0.2, -0.15) is 0 Å². The lowest BCUT2D eigenvalue weighted by molar-refractivity contribution is 0.640. The predicted octanol–water partition coefficient (Wildman–Crippen LogP) is 4.86. The van der Waals surface area contributed by atoms with Crippen LogP contribution in [0, 0.1) is 0 Å². The minimum absolute atomic E-state index is 0.218. The summed E-state index contributed by atoms with van der Waals surface area (Å²) in [5, 5.41) is 4.27. The molecule has 0 fully saturated rings. The molecule has 0 spiro atoms. The molecule has 1 unspecified atom stereocenters. The highest BCUT2D eigenvalue weighted by atomic mass is 79.9. The van der Waals surface area contributed by atoms with Crippen LogP contribution in [-0.2, 0) is 0 Å². The summed E-state index contributed by atoms with van der Waals surface area (Å²) in [5.74, 6) is 0. The van der Waals surface area contributed by atoms with E-state index in [4.69, 9.17) is 11.6 Å². The van der Waals surface area contributed by atoms with Crippen molar-refractivity contribution in [2.75, 3.05) is 6.54 Å². The van der Waals surface area contributed by atoms with Gasteiger partial charge in [0.25, 0.3) is 0 Å². The van der Waals surface area contributed by atoms with Crippen LogP contribution in [0.25, 0.3) is 0 Å². The van der Waals surface area contributed by atoms with Crippen molar-refractivity contribution in [1.82, 2.24) is 5.32 Å². The lowest BCUT2D eigenvalue weighted by atomic mass is 10.1. The van der Waals surface area contributed by atoms with Crippen molar-refractivity contribution in [2.45, 2.75) is 13.0 Å². The predicted molar refractivity (Wildman–Crippen MR) is 79.0 cm³/mol. The van der Waals surface area contributed by atoms with Gasteiger partial charge in [0.05, 0.1) is 14.9 Å². The molecule has 0 radical (unpaired) electrons. The molecule has 1 heterocycles. The molecule has 1 aromatic heterocycles. The highest BCUT2D eigenvalue weighted by Crippen LogP contribution is 2.37. The van der Waals surface area contributed by atoms with Crippen LogP contribution in [0.5, 0.6) is 0 Å². The van der Waals surface area contributed by atoms with E-state index in [1.54, 1.807) is 11.3 Å². The van der Waals surface area contributed by atoms with E-state index in [0.717, 1.165) is 15.4 Å². The molecule has 2 aromatic rings. The first-order chi connectivity index (χ1) is 8.22. The third-order valence-corrected chi connectivity index (χ3v) is 5.03. The Morgan fingerprint density at radius 3 is 2.59 bits per heavy atom. The first-order valence-electron chi connectivity index (χ1n) is 5.45. The summed E-state index contributed by atoms with van der Waals surface area (Å²) >= 11 is 11.2. The van der Waals surface area contributed by atoms with Gasteiger partial charge in [-0.25, -0.2) is 0 Å². The third-order valence-electron chi connectivity index (χ3n) is 2.49. The molecule has 17 heavy (non-hydrogen) atoms. The minimum Gasteiger partial charge on any atom is -0.306 e. The number of nitrogens with one attached hydrogen (secondary N) is 1. The highest BCUT2D eigenvalue weighted by molar-refractivity contribution is 9.11. The summed E-state index contributed by atoms with van der Waals surface area (Å²) in [4.78, 5) is 1.23. The molecule has 1 N–H and O–H groups in total. The summed E-state index contributed by atoms with van der Waals surface area (Å²) < 4.78 is 0.994. The Balaban J connectivity index is 2.35. The van der Waals surface area contributed by atoms with Crippen LogP contribution in [0.2, 0.25) is 5.02 Å². The maximum atomic E-state index is 6.10. The van der Waals surface area contributed by atoms with Crippen molar-refractivity contribution in [2.24, 2.45) is 0 Å². The molecule has 4 heteroatoms. The van der Waals surface area contributed by atoms with Crippen molar-refractivity contribution >= 4 is 38.9 Å². The van der Waals surface area contributed by atoms with E-state index in [9.17, 15) is 0 Å². The standard InChI is InChI=1S/C13H13BrClNS/c1-2-16-12(9-6-4-3-5-7-9)11-8-10(15)13(14)17-11/h3-8,12,16H,2H2,1H3. The topological polar surface area (TPSA) is 12.0 Å². The fourth-order valence-electron chi connectivity index (χ4n) is 1.74. The number of hydrogen-bond acceptors (Lipinski definition) is 2. The van der Waals surface area contributed by atoms with Gasteiger partial charge in [0.1, 0.15) is 0 Å². The Bertz CT molecular complexity index is 464. The second kappa shape index (κ2) is 6.01. The average molecular weight is 331 g/mol. The van der Waals surface area contributed by atoms with Crippen molar-refractivity contribution in [3.63, 3.8) is 0 Å². The van der Waals surface area contributed by atoms with Gasteiger partial charge in [0.15, 0.2) is 0 Å². The number of rotatable bonds is 4. The first-order valence-corrected chi connectivity index (χ1v) is 7.44. The zero-order valence-corrected chi connectivity index (χ0v) is 12.6. The van der Waals surface area contributed by atoms with Crippen LogP contribution in [-0.4, -0.2) is 6.54 Å². The number of halogens is 2. The fourth-order valence-corrected chi connectivity index (χ4v) is 3.59. The molecule has 0 saturated carbocycles. The van der Waals surface area contributed by atoms with Gasteiger partial charge in [-0.15, -0.1) is 11.3 Å². The van der Waals surface area contributed by atoms with Gasteiger partial charge in [0, 0.05) is 4.88 Å². The van der Waals surface area contributed by atoms with E-state index in [1.165, 1.54) is 10.4 Å². The van der Waals surface area contributed by atoms with Gasteiger partial charge in [-0.3, -0.25) is 0 Å². The zero-order valence-electron chi connectivity index (χ0n) is 9.41. The quantitative estimate of drug-likeness (QED) is 0.844. The zero-order chi connectivity index (χ0) is 12.3. The first kappa shape index (κ1) is 13.1. The molecule has 0 bridgehead atoms. The van der Waals surface area contributed by atoms with Crippen LogP contribution >= 0.6 is 38.9 Å². The van der Waals surface area contributed by atoms with Crippen LogP contribution < -0.4 is 5.32 Å². The Hall–Kier alpha value is -0.350. The van der Waals surface area contributed by atoms with Gasteiger partial charge < -0.3 is 5.32 Å². The lowest BCUT2D eigenvalue weighted by Gasteiger charge is -2.16. The van der Waals surface area contributed by atoms with Gasteiger partial charge in [-0.1, -0.05) is 48.9 Å². The van der Waals surface area contributed by atoms with Gasteiger partial charge in [-0.05, 0) is 34.1 Å².